The molecule has 0 saturated heterocycles. The van der Waals surface area contributed by atoms with Crippen LogP contribution in [0, 0.1) is 5.41 Å². The Morgan fingerprint density at radius 1 is 1.44 bits per heavy atom. The van der Waals surface area contributed by atoms with Crippen molar-refractivity contribution in [2.24, 2.45) is 5.41 Å². The molecule has 1 saturated carbocycles. The van der Waals surface area contributed by atoms with Crippen LogP contribution in [0.15, 0.2) is 6.33 Å². The number of hydrogen-bond donors (Lipinski definition) is 2. The van der Waals surface area contributed by atoms with Crippen LogP contribution in [0.25, 0.3) is 0 Å². The largest absolute Gasteiger partial charge is 0.476 e. The Morgan fingerprint density at radius 2 is 2.22 bits per heavy atom. The molecule has 5 nitrogen and oxygen atoms in total. The van der Waals surface area contributed by atoms with Crippen molar-refractivity contribution in [3.05, 3.63) is 6.33 Å². The normalized spacial score (nSPS) is 17.0. The molecule has 1 aliphatic carbocycles. The van der Waals surface area contributed by atoms with Gasteiger partial charge in [0.15, 0.2) is 5.82 Å². The monoisotopic (exact) mass is 250 g/mol. The number of nitrogen functional groups attached to an aromatic ring is 1. The van der Waals surface area contributed by atoms with Crippen LogP contribution in [0.4, 0.5) is 11.5 Å². The molecule has 0 bridgehead atoms. The van der Waals surface area contributed by atoms with Gasteiger partial charge in [-0.1, -0.05) is 20.3 Å². The summed E-state index contributed by atoms with van der Waals surface area (Å²) in [5.74, 6) is 1.16. The molecule has 1 fully saturated rings. The van der Waals surface area contributed by atoms with Crippen molar-refractivity contribution in [1.29, 1.82) is 0 Å². The molecular weight excluding hydrogens is 228 g/mol. The van der Waals surface area contributed by atoms with Crippen LogP contribution in [0.1, 0.15) is 39.5 Å². The van der Waals surface area contributed by atoms with Gasteiger partial charge in [0.2, 0.25) is 5.88 Å². The third-order valence-electron chi connectivity index (χ3n) is 3.53. The van der Waals surface area contributed by atoms with E-state index in [0.29, 0.717) is 29.4 Å². The summed E-state index contributed by atoms with van der Waals surface area (Å²) in [5.41, 5.74) is 6.90. The molecule has 0 atom stereocenters. The van der Waals surface area contributed by atoms with E-state index in [0.717, 1.165) is 13.0 Å². The molecule has 100 valence electrons. The molecule has 0 aliphatic heterocycles. The van der Waals surface area contributed by atoms with Gasteiger partial charge in [0.1, 0.15) is 12.0 Å². The van der Waals surface area contributed by atoms with E-state index in [-0.39, 0.29) is 0 Å². The van der Waals surface area contributed by atoms with Crippen LogP contribution in [0.3, 0.4) is 0 Å². The number of nitrogens with one attached hydrogen (secondary N) is 1. The molecule has 0 amide bonds. The van der Waals surface area contributed by atoms with Crippen LogP contribution in [-0.2, 0) is 0 Å². The minimum Gasteiger partial charge on any atom is -0.476 e. The number of ether oxygens (including phenoxy) is 1. The van der Waals surface area contributed by atoms with Crippen molar-refractivity contribution in [1.82, 2.24) is 9.97 Å². The summed E-state index contributed by atoms with van der Waals surface area (Å²) in [5, 5.41) is 3.32. The minimum atomic E-state index is 0.391. The highest BCUT2D eigenvalue weighted by Crippen LogP contribution is 2.40. The van der Waals surface area contributed by atoms with Gasteiger partial charge in [0, 0.05) is 6.54 Å². The highest BCUT2D eigenvalue weighted by Gasteiger charge is 2.31. The van der Waals surface area contributed by atoms with E-state index in [1.165, 1.54) is 25.6 Å². The van der Waals surface area contributed by atoms with Gasteiger partial charge in [-0.3, -0.25) is 0 Å². The highest BCUT2D eigenvalue weighted by atomic mass is 16.5. The van der Waals surface area contributed by atoms with Crippen molar-refractivity contribution in [2.75, 3.05) is 24.2 Å². The molecule has 0 radical (unpaired) electrons. The number of aromatic nitrogens is 2. The van der Waals surface area contributed by atoms with Crippen LogP contribution in [-0.4, -0.2) is 23.1 Å². The predicted molar refractivity (Wildman–Crippen MR) is 72.7 cm³/mol. The van der Waals surface area contributed by atoms with Gasteiger partial charge in [-0.15, -0.1) is 0 Å². The highest BCUT2D eigenvalue weighted by molar-refractivity contribution is 5.66. The first-order valence-corrected chi connectivity index (χ1v) is 6.62. The van der Waals surface area contributed by atoms with E-state index in [2.05, 4.69) is 22.2 Å². The van der Waals surface area contributed by atoms with E-state index in [9.17, 15) is 0 Å². The van der Waals surface area contributed by atoms with Crippen LogP contribution >= 0.6 is 0 Å². The Hall–Kier alpha value is -1.52. The van der Waals surface area contributed by atoms with Gasteiger partial charge in [0.25, 0.3) is 0 Å². The molecule has 0 spiro atoms. The molecule has 1 aromatic rings. The van der Waals surface area contributed by atoms with Crippen LogP contribution < -0.4 is 15.8 Å². The summed E-state index contributed by atoms with van der Waals surface area (Å²) in [6.45, 7) is 5.86. The number of hydrogen-bond acceptors (Lipinski definition) is 5. The molecule has 2 rings (SSSR count). The Bertz CT molecular complexity index is 404. The molecule has 0 unspecified atom stereocenters. The first kappa shape index (κ1) is 12.9. The number of rotatable bonds is 6. The molecule has 0 aromatic carbocycles. The molecular formula is C13H22N4O. The summed E-state index contributed by atoms with van der Waals surface area (Å²) in [7, 11) is 0. The number of nitrogens with two attached hydrogens (primary N) is 1. The molecule has 5 heteroatoms. The number of nitrogens with zero attached hydrogens (tertiary/aromatic N) is 2. The van der Waals surface area contributed by atoms with Crippen LogP contribution in [0.2, 0.25) is 0 Å². The quantitative estimate of drug-likeness (QED) is 0.811. The molecule has 18 heavy (non-hydrogen) atoms. The first-order chi connectivity index (χ1) is 8.64. The second-order valence-electron chi connectivity index (χ2n) is 5.31. The van der Waals surface area contributed by atoms with Crippen molar-refractivity contribution in [2.45, 2.75) is 39.5 Å². The van der Waals surface area contributed by atoms with Gasteiger partial charge in [0.05, 0.1) is 6.61 Å². The fourth-order valence-corrected chi connectivity index (χ4v) is 2.09. The maximum atomic E-state index is 6.00. The standard InChI is InChI=1S/C13H22N4O/c1-3-7-18-12-10(14)11(16-9-17-12)15-8-13(2)5-4-6-13/h9H,3-8,14H2,1-2H3,(H,15,16,17). The van der Waals surface area contributed by atoms with Crippen molar-refractivity contribution >= 4 is 11.5 Å². The third kappa shape index (κ3) is 2.83. The Balaban J connectivity index is 1.99. The Kier molecular flexibility index (Phi) is 3.89. The van der Waals surface area contributed by atoms with Gasteiger partial charge in [-0.2, -0.15) is 4.98 Å². The van der Waals surface area contributed by atoms with Gasteiger partial charge in [-0.25, -0.2) is 4.98 Å². The Morgan fingerprint density at radius 3 is 2.83 bits per heavy atom. The fourth-order valence-electron chi connectivity index (χ4n) is 2.09. The van der Waals surface area contributed by atoms with Crippen molar-refractivity contribution < 1.29 is 4.74 Å². The van der Waals surface area contributed by atoms with E-state index >= 15 is 0 Å². The summed E-state index contributed by atoms with van der Waals surface area (Å²) < 4.78 is 5.48. The lowest BCUT2D eigenvalue weighted by Crippen LogP contribution is -2.33. The SMILES string of the molecule is CCCOc1ncnc(NCC2(C)CCC2)c1N. The zero-order valence-corrected chi connectivity index (χ0v) is 11.2. The van der Waals surface area contributed by atoms with Crippen molar-refractivity contribution in [3.63, 3.8) is 0 Å². The average molecular weight is 250 g/mol. The smallest absolute Gasteiger partial charge is 0.242 e. The first-order valence-electron chi connectivity index (χ1n) is 6.62. The van der Waals surface area contributed by atoms with Crippen molar-refractivity contribution in [3.8, 4) is 5.88 Å². The molecule has 1 aromatic heterocycles. The van der Waals surface area contributed by atoms with Gasteiger partial charge < -0.3 is 15.8 Å². The van der Waals surface area contributed by atoms with E-state index in [1.54, 1.807) is 0 Å². The predicted octanol–water partition coefficient (Wildman–Crippen LogP) is 2.45. The van der Waals surface area contributed by atoms with E-state index < -0.39 is 0 Å². The summed E-state index contributed by atoms with van der Waals surface area (Å²) >= 11 is 0. The summed E-state index contributed by atoms with van der Waals surface area (Å²) in [6, 6.07) is 0. The lowest BCUT2D eigenvalue weighted by atomic mass is 9.70. The molecule has 1 heterocycles. The zero-order valence-electron chi connectivity index (χ0n) is 11.2. The minimum absolute atomic E-state index is 0.391. The van der Waals surface area contributed by atoms with Crippen LogP contribution in [0.5, 0.6) is 5.88 Å². The maximum absolute atomic E-state index is 6.00. The fraction of sp³-hybridized carbons (Fsp3) is 0.692. The second-order valence-corrected chi connectivity index (χ2v) is 5.31. The van der Waals surface area contributed by atoms with Gasteiger partial charge in [-0.05, 0) is 24.7 Å². The Labute approximate surface area is 108 Å². The second kappa shape index (κ2) is 5.42. The van der Waals surface area contributed by atoms with E-state index in [4.69, 9.17) is 10.5 Å². The van der Waals surface area contributed by atoms with Gasteiger partial charge >= 0.3 is 0 Å². The van der Waals surface area contributed by atoms with E-state index in [1.807, 2.05) is 6.92 Å². The lowest BCUT2D eigenvalue weighted by molar-refractivity contribution is 0.180. The number of anilines is 2. The zero-order chi connectivity index (χ0) is 13.0. The average Bonchev–Trinajstić information content (AvgIpc) is 2.34. The summed E-state index contributed by atoms with van der Waals surface area (Å²) in [4.78, 5) is 8.24. The molecule has 3 N–H and O–H groups in total. The lowest BCUT2D eigenvalue weighted by Gasteiger charge is -2.38. The topological polar surface area (TPSA) is 73.1 Å². The summed E-state index contributed by atoms with van der Waals surface area (Å²) in [6.07, 6.45) is 6.29. The molecule has 1 aliphatic rings. The third-order valence-corrected chi connectivity index (χ3v) is 3.53. The maximum Gasteiger partial charge on any atom is 0.242 e.